The molecule has 1 aliphatic rings. The van der Waals surface area contributed by atoms with Crippen molar-refractivity contribution in [1.29, 1.82) is 0 Å². The third-order valence-corrected chi connectivity index (χ3v) is 3.71. The molecule has 1 saturated heterocycles. The van der Waals surface area contributed by atoms with E-state index in [0.29, 0.717) is 37.0 Å². The third-order valence-electron chi connectivity index (χ3n) is 3.41. The van der Waals surface area contributed by atoms with Crippen molar-refractivity contribution in [3.63, 3.8) is 0 Å². The van der Waals surface area contributed by atoms with Crippen LogP contribution in [0.4, 0.5) is 5.69 Å². The molecule has 21 heavy (non-hydrogen) atoms. The Bertz CT molecular complexity index is 516. The number of amides is 2. The van der Waals surface area contributed by atoms with Crippen LogP contribution in [-0.4, -0.2) is 62.0 Å². The number of piperazine rings is 1. The summed E-state index contributed by atoms with van der Waals surface area (Å²) >= 11 is 6.03. The molecule has 0 aromatic heterocycles. The first kappa shape index (κ1) is 15.4. The molecule has 0 spiro atoms. The van der Waals surface area contributed by atoms with Crippen LogP contribution in [0.2, 0.25) is 5.02 Å². The zero-order chi connectivity index (χ0) is 15.2. The van der Waals surface area contributed by atoms with E-state index in [1.54, 1.807) is 29.0 Å². The average molecular weight is 312 g/mol. The van der Waals surface area contributed by atoms with Gasteiger partial charge >= 0.3 is 0 Å². The predicted octanol–water partition coefficient (Wildman–Crippen LogP) is 1.06. The molecule has 2 rings (SSSR count). The molecule has 2 amide bonds. The van der Waals surface area contributed by atoms with Crippen LogP contribution in [0.1, 0.15) is 0 Å². The maximum atomic E-state index is 12.1. The van der Waals surface area contributed by atoms with E-state index in [9.17, 15) is 9.59 Å². The van der Waals surface area contributed by atoms with E-state index in [4.69, 9.17) is 16.3 Å². The summed E-state index contributed by atoms with van der Waals surface area (Å²) in [6, 6.07) is 5.28. The minimum atomic E-state index is 0.00693. The Hall–Kier alpha value is -1.95. The minimum Gasteiger partial charge on any atom is -0.495 e. The maximum Gasteiger partial charge on any atom is 0.241 e. The number of methoxy groups -OCH3 is 1. The smallest absolute Gasteiger partial charge is 0.241 e. The van der Waals surface area contributed by atoms with E-state index >= 15 is 0 Å². The molecule has 0 unspecified atom stereocenters. The fourth-order valence-electron chi connectivity index (χ4n) is 2.14. The first-order chi connectivity index (χ1) is 10.1. The Morgan fingerprint density at radius 2 is 2.10 bits per heavy atom. The summed E-state index contributed by atoms with van der Waals surface area (Å²) in [5, 5.41) is 3.54. The largest absolute Gasteiger partial charge is 0.495 e. The predicted molar refractivity (Wildman–Crippen MR) is 80.7 cm³/mol. The van der Waals surface area contributed by atoms with Crippen LogP contribution in [0, 0.1) is 0 Å². The van der Waals surface area contributed by atoms with Crippen molar-refractivity contribution in [2.75, 3.05) is 45.2 Å². The quantitative estimate of drug-likeness (QED) is 0.826. The van der Waals surface area contributed by atoms with Gasteiger partial charge in [0.1, 0.15) is 5.75 Å². The molecule has 1 aromatic carbocycles. The molecule has 114 valence electrons. The Labute approximate surface area is 128 Å². The standard InChI is InChI=1S/C14H18ClN3O3/c1-21-13-3-2-11(8-12(13)15)16-9-14(20)18-6-4-17(10-19)5-7-18/h2-3,8,10,16H,4-7,9H2,1H3. The van der Waals surface area contributed by atoms with Crippen molar-refractivity contribution < 1.29 is 14.3 Å². The molecule has 1 N–H and O–H groups in total. The lowest BCUT2D eigenvalue weighted by Crippen LogP contribution is -2.49. The van der Waals surface area contributed by atoms with Gasteiger partial charge in [0.25, 0.3) is 0 Å². The molecule has 0 aliphatic carbocycles. The third kappa shape index (κ3) is 4.01. The van der Waals surface area contributed by atoms with Crippen LogP contribution in [0.5, 0.6) is 5.75 Å². The summed E-state index contributed by atoms with van der Waals surface area (Å²) in [5.41, 5.74) is 0.765. The average Bonchev–Trinajstić information content (AvgIpc) is 2.52. The highest BCUT2D eigenvalue weighted by Gasteiger charge is 2.19. The van der Waals surface area contributed by atoms with Gasteiger partial charge in [0.05, 0.1) is 18.7 Å². The van der Waals surface area contributed by atoms with Crippen molar-refractivity contribution in [2.45, 2.75) is 0 Å². The Morgan fingerprint density at radius 3 is 2.67 bits per heavy atom. The number of anilines is 1. The molecule has 0 bridgehead atoms. The number of carbonyl (C=O) groups excluding carboxylic acids is 2. The van der Waals surface area contributed by atoms with Gasteiger partial charge in [0, 0.05) is 31.9 Å². The molecule has 0 atom stereocenters. The molecule has 0 saturated carbocycles. The van der Waals surface area contributed by atoms with Crippen molar-refractivity contribution in [2.24, 2.45) is 0 Å². The number of ether oxygens (including phenoxy) is 1. The summed E-state index contributed by atoms with van der Waals surface area (Å²) in [5.74, 6) is 0.603. The Kier molecular flexibility index (Phi) is 5.27. The molecule has 1 fully saturated rings. The summed E-state index contributed by atoms with van der Waals surface area (Å²) in [6.45, 7) is 2.52. The highest BCUT2D eigenvalue weighted by molar-refractivity contribution is 6.32. The number of nitrogens with zero attached hydrogens (tertiary/aromatic N) is 2. The van der Waals surface area contributed by atoms with Crippen LogP contribution in [0.3, 0.4) is 0 Å². The van der Waals surface area contributed by atoms with Gasteiger partial charge in [-0.05, 0) is 18.2 Å². The van der Waals surface area contributed by atoms with Gasteiger partial charge in [-0.25, -0.2) is 0 Å². The molecule has 7 heteroatoms. The van der Waals surface area contributed by atoms with E-state index in [1.807, 2.05) is 6.07 Å². The second-order valence-corrected chi connectivity index (χ2v) is 5.13. The molecule has 1 aromatic rings. The Balaban J connectivity index is 1.84. The second-order valence-electron chi connectivity index (χ2n) is 4.73. The summed E-state index contributed by atoms with van der Waals surface area (Å²) in [7, 11) is 1.55. The van der Waals surface area contributed by atoms with E-state index in [2.05, 4.69) is 5.32 Å². The van der Waals surface area contributed by atoms with Gasteiger partial charge in [-0.3, -0.25) is 9.59 Å². The fourth-order valence-corrected chi connectivity index (χ4v) is 2.40. The Morgan fingerprint density at radius 1 is 1.38 bits per heavy atom. The van der Waals surface area contributed by atoms with Crippen LogP contribution < -0.4 is 10.1 Å². The van der Waals surface area contributed by atoms with Crippen LogP contribution in [0.25, 0.3) is 0 Å². The summed E-state index contributed by atoms with van der Waals surface area (Å²) in [6.07, 6.45) is 0.819. The number of hydrogen-bond acceptors (Lipinski definition) is 4. The lowest BCUT2D eigenvalue weighted by molar-refractivity contribution is -0.133. The first-order valence-electron chi connectivity index (χ1n) is 6.68. The number of nitrogens with one attached hydrogen (secondary N) is 1. The van der Waals surface area contributed by atoms with Gasteiger partial charge in [-0.1, -0.05) is 11.6 Å². The summed E-state index contributed by atoms with van der Waals surface area (Å²) in [4.78, 5) is 26.1. The zero-order valence-electron chi connectivity index (χ0n) is 11.8. The fraction of sp³-hybridized carbons (Fsp3) is 0.429. The van der Waals surface area contributed by atoms with Gasteiger partial charge in [0.15, 0.2) is 0 Å². The second kappa shape index (κ2) is 7.17. The number of carbonyl (C=O) groups is 2. The van der Waals surface area contributed by atoms with Gasteiger partial charge in [-0.15, -0.1) is 0 Å². The monoisotopic (exact) mass is 311 g/mol. The van der Waals surface area contributed by atoms with E-state index < -0.39 is 0 Å². The van der Waals surface area contributed by atoms with Crippen molar-refractivity contribution in [3.05, 3.63) is 23.2 Å². The summed E-state index contributed by atoms with van der Waals surface area (Å²) < 4.78 is 5.07. The SMILES string of the molecule is COc1ccc(NCC(=O)N2CCN(C=O)CC2)cc1Cl. The lowest BCUT2D eigenvalue weighted by atomic mass is 10.3. The molecule has 0 radical (unpaired) electrons. The zero-order valence-corrected chi connectivity index (χ0v) is 12.6. The maximum absolute atomic E-state index is 12.1. The first-order valence-corrected chi connectivity index (χ1v) is 7.06. The van der Waals surface area contributed by atoms with Crippen molar-refractivity contribution in [1.82, 2.24) is 9.80 Å². The molecule has 6 nitrogen and oxygen atoms in total. The van der Waals surface area contributed by atoms with Gasteiger partial charge in [0.2, 0.25) is 12.3 Å². The van der Waals surface area contributed by atoms with Gasteiger partial charge < -0.3 is 19.9 Å². The van der Waals surface area contributed by atoms with E-state index in [-0.39, 0.29) is 12.5 Å². The normalized spacial score (nSPS) is 14.8. The highest BCUT2D eigenvalue weighted by Crippen LogP contribution is 2.27. The number of hydrogen-bond donors (Lipinski definition) is 1. The highest BCUT2D eigenvalue weighted by atomic mass is 35.5. The van der Waals surface area contributed by atoms with Gasteiger partial charge in [-0.2, -0.15) is 0 Å². The molecular weight excluding hydrogens is 294 g/mol. The number of rotatable bonds is 5. The molecule has 1 aliphatic heterocycles. The van der Waals surface area contributed by atoms with Crippen LogP contribution >= 0.6 is 11.6 Å². The number of halogens is 1. The molecule has 1 heterocycles. The van der Waals surface area contributed by atoms with E-state index in [1.165, 1.54) is 0 Å². The number of benzene rings is 1. The van der Waals surface area contributed by atoms with Crippen LogP contribution in [-0.2, 0) is 9.59 Å². The van der Waals surface area contributed by atoms with Crippen LogP contribution in [0.15, 0.2) is 18.2 Å². The minimum absolute atomic E-state index is 0.00693. The van der Waals surface area contributed by atoms with E-state index in [0.717, 1.165) is 12.1 Å². The lowest BCUT2D eigenvalue weighted by Gasteiger charge is -2.32. The van der Waals surface area contributed by atoms with Crippen molar-refractivity contribution >= 4 is 29.6 Å². The van der Waals surface area contributed by atoms with Crippen molar-refractivity contribution in [3.8, 4) is 5.75 Å². The topological polar surface area (TPSA) is 61.9 Å². The molecular formula is C14H18ClN3O3.